The molecule has 2 aromatic carbocycles. The summed E-state index contributed by atoms with van der Waals surface area (Å²) in [4.78, 5) is 37.5. The average molecular weight is 482 g/mol. The van der Waals surface area contributed by atoms with E-state index in [0.717, 1.165) is 10.9 Å². The van der Waals surface area contributed by atoms with E-state index in [-0.39, 0.29) is 22.6 Å². The molecule has 7 nitrogen and oxygen atoms in total. The maximum absolute atomic E-state index is 13.3. The van der Waals surface area contributed by atoms with E-state index < -0.39 is 17.8 Å². The van der Waals surface area contributed by atoms with Crippen molar-refractivity contribution in [3.8, 4) is 0 Å². The second kappa shape index (κ2) is 10.8. The summed E-state index contributed by atoms with van der Waals surface area (Å²) in [7, 11) is 2.49. The number of rotatable bonds is 7. The van der Waals surface area contributed by atoms with E-state index in [2.05, 4.69) is 5.32 Å². The van der Waals surface area contributed by atoms with Gasteiger partial charge in [0, 0.05) is 27.6 Å². The molecule has 0 atom stereocenters. The van der Waals surface area contributed by atoms with Gasteiger partial charge < -0.3 is 19.2 Å². The molecule has 3 aromatic rings. The third-order valence-corrected chi connectivity index (χ3v) is 7.35. The van der Waals surface area contributed by atoms with Crippen LogP contribution in [0.3, 0.4) is 0 Å². The first-order chi connectivity index (χ1) is 16.5. The third kappa shape index (κ3) is 5.28. The van der Waals surface area contributed by atoms with Crippen LogP contribution in [0.15, 0.2) is 46.9 Å². The summed E-state index contributed by atoms with van der Waals surface area (Å²) in [6.45, 7) is 0. The standard InChI is InChI=1S/C26H27NO6S/c1-31-25(29)16-12-17(26(30)32-2)14-18(13-16)27-24(28)23-21(15-34-19-8-4-3-5-9-19)20-10-6-7-11-22(20)33-23/h6-7,10-14,19H,3-5,8-9,15H2,1-2H3,(H,27,28). The molecule has 1 heterocycles. The maximum Gasteiger partial charge on any atom is 0.337 e. The molecule has 1 aromatic heterocycles. The molecule has 0 radical (unpaired) electrons. The summed E-state index contributed by atoms with van der Waals surface area (Å²) < 4.78 is 15.5. The van der Waals surface area contributed by atoms with E-state index in [4.69, 9.17) is 13.9 Å². The minimum Gasteiger partial charge on any atom is -0.465 e. The molecule has 4 rings (SSSR count). The molecule has 0 spiro atoms. The number of amides is 1. The smallest absolute Gasteiger partial charge is 0.337 e. The fourth-order valence-electron chi connectivity index (χ4n) is 4.22. The summed E-state index contributed by atoms with van der Waals surface area (Å²) in [5.74, 6) is -0.815. The van der Waals surface area contributed by atoms with Crippen molar-refractivity contribution in [2.45, 2.75) is 43.1 Å². The number of fused-ring (bicyclic) bond motifs is 1. The topological polar surface area (TPSA) is 94.8 Å². The molecule has 1 aliphatic carbocycles. The highest BCUT2D eigenvalue weighted by atomic mass is 32.2. The number of carbonyl (C=O) groups excluding carboxylic acids is 3. The zero-order valence-electron chi connectivity index (χ0n) is 19.2. The Morgan fingerprint density at radius 3 is 2.26 bits per heavy atom. The van der Waals surface area contributed by atoms with E-state index in [1.807, 2.05) is 36.0 Å². The Labute approximate surface area is 202 Å². The van der Waals surface area contributed by atoms with Gasteiger partial charge in [0.2, 0.25) is 0 Å². The molecule has 1 N–H and O–H groups in total. The Morgan fingerprint density at radius 2 is 1.62 bits per heavy atom. The molecule has 0 aliphatic heterocycles. The Morgan fingerprint density at radius 1 is 0.971 bits per heavy atom. The predicted molar refractivity (Wildman–Crippen MR) is 131 cm³/mol. The van der Waals surface area contributed by atoms with Gasteiger partial charge in [0.15, 0.2) is 5.76 Å². The number of hydrogen-bond acceptors (Lipinski definition) is 7. The number of hydrogen-bond donors (Lipinski definition) is 1. The molecule has 0 saturated heterocycles. The van der Waals surface area contributed by atoms with Crippen molar-refractivity contribution >= 4 is 46.3 Å². The van der Waals surface area contributed by atoms with Crippen LogP contribution >= 0.6 is 11.8 Å². The van der Waals surface area contributed by atoms with Crippen LogP contribution in [0, 0.1) is 0 Å². The van der Waals surface area contributed by atoms with Crippen LogP contribution < -0.4 is 5.32 Å². The van der Waals surface area contributed by atoms with Crippen molar-refractivity contribution in [3.63, 3.8) is 0 Å². The molecule has 34 heavy (non-hydrogen) atoms. The molecule has 0 unspecified atom stereocenters. The molecule has 1 fully saturated rings. The van der Waals surface area contributed by atoms with Gasteiger partial charge >= 0.3 is 11.9 Å². The first-order valence-electron chi connectivity index (χ1n) is 11.2. The first kappa shape index (κ1) is 23.9. The van der Waals surface area contributed by atoms with Crippen molar-refractivity contribution < 1.29 is 28.3 Å². The molecule has 1 amide bonds. The molecular formula is C26H27NO6S. The van der Waals surface area contributed by atoms with Gasteiger partial charge in [0.1, 0.15) is 5.58 Å². The van der Waals surface area contributed by atoms with Crippen molar-refractivity contribution in [1.29, 1.82) is 0 Å². The van der Waals surface area contributed by atoms with Gasteiger partial charge in [-0.3, -0.25) is 4.79 Å². The quantitative estimate of drug-likeness (QED) is 0.425. The van der Waals surface area contributed by atoms with E-state index in [1.54, 1.807) is 0 Å². The lowest BCUT2D eigenvalue weighted by molar-refractivity contribution is 0.0599. The lowest BCUT2D eigenvalue weighted by atomic mass is 10.0. The highest BCUT2D eigenvalue weighted by molar-refractivity contribution is 7.99. The van der Waals surface area contributed by atoms with Gasteiger partial charge in [-0.2, -0.15) is 11.8 Å². The predicted octanol–water partition coefficient (Wildman–Crippen LogP) is 5.82. The second-order valence-corrected chi connectivity index (χ2v) is 9.50. The highest BCUT2D eigenvalue weighted by Crippen LogP contribution is 2.35. The van der Waals surface area contributed by atoms with Gasteiger partial charge in [0.25, 0.3) is 5.91 Å². The van der Waals surface area contributed by atoms with Crippen LogP contribution in [0.2, 0.25) is 0 Å². The van der Waals surface area contributed by atoms with E-state index in [1.165, 1.54) is 64.5 Å². The van der Waals surface area contributed by atoms with Crippen LogP contribution in [0.1, 0.15) is 68.9 Å². The van der Waals surface area contributed by atoms with Crippen LogP contribution in [-0.2, 0) is 15.2 Å². The third-order valence-electron chi connectivity index (χ3n) is 5.95. The second-order valence-electron chi connectivity index (χ2n) is 8.21. The maximum atomic E-state index is 13.3. The largest absolute Gasteiger partial charge is 0.465 e. The summed E-state index contributed by atoms with van der Waals surface area (Å²) in [5, 5.41) is 4.27. The Balaban J connectivity index is 1.64. The monoisotopic (exact) mass is 481 g/mol. The number of anilines is 1. The fraction of sp³-hybridized carbons (Fsp3) is 0.346. The van der Waals surface area contributed by atoms with Gasteiger partial charge in [-0.05, 0) is 37.1 Å². The van der Waals surface area contributed by atoms with Gasteiger partial charge in [-0.25, -0.2) is 9.59 Å². The molecule has 178 valence electrons. The fourth-order valence-corrected chi connectivity index (χ4v) is 5.57. The number of para-hydroxylation sites is 1. The van der Waals surface area contributed by atoms with Gasteiger partial charge in [0.05, 0.1) is 25.3 Å². The lowest BCUT2D eigenvalue weighted by Gasteiger charge is -2.20. The molecular weight excluding hydrogens is 454 g/mol. The Bertz CT molecular complexity index is 1180. The number of methoxy groups -OCH3 is 2. The normalized spacial score (nSPS) is 14.1. The zero-order valence-corrected chi connectivity index (χ0v) is 20.0. The summed E-state index contributed by atoms with van der Waals surface area (Å²) in [6.07, 6.45) is 6.17. The van der Waals surface area contributed by atoms with Crippen LogP contribution in [0.5, 0.6) is 0 Å². The van der Waals surface area contributed by atoms with Crippen LogP contribution in [-0.4, -0.2) is 37.3 Å². The number of benzene rings is 2. The summed E-state index contributed by atoms with van der Waals surface area (Å²) >= 11 is 1.86. The highest BCUT2D eigenvalue weighted by Gasteiger charge is 2.23. The first-order valence-corrected chi connectivity index (χ1v) is 12.3. The summed E-state index contributed by atoms with van der Waals surface area (Å²) in [5.41, 5.74) is 2.00. The molecule has 1 saturated carbocycles. The van der Waals surface area contributed by atoms with Crippen molar-refractivity contribution in [1.82, 2.24) is 0 Å². The number of furan rings is 1. The van der Waals surface area contributed by atoms with Crippen LogP contribution in [0.4, 0.5) is 5.69 Å². The van der Waals surface area contributed by atoms with Crippen molar-refractivity contribution in [2.24, 2.45) is 0 Å². The van der Waals surface area contributed by atoms with Gasteiger partial charge in [-0.15, -0.1) is 0 Å². The SMILES string of the molecule is COC(=O)c1cc(NC(=O)c2oc3ccccc3c2CSC2CCCCC2)cc(C(=O)OC)c1. The lowest BCUT2D eigenvalue weighted by Crippen LogP contribution is -2.15. The zero-order chi connectivity index (χ0) is 24.1. The average Bonchev–Trinajstić information content (AvgIpc) is 3.25. The van der Waals surface area contributed by atoms with Crippen molar-refractivity contribution in [2.75, 3.05) is 19.5 Å². The number of esters is 2. The molecule has 8 heteroatoms. The number of nitrogens with one attached hydrogen (secondary N) is 1. The number of thioether (sulfide) groups is 1. The van der Waals surface area contributed by atoms with E-state index in [9.17, 15) is 14.4 Å². The Hall–Kier alpha value is -3.26. The van der Waals surface area contributed by atoms with E-state index in [0.29, 0.717) is 16.6 Å². The summed E-state index contributed by atoms with van der Waals surface area (Å²) in [6, 6.07) is 11.9. The number of ether oxygens (including phenoxy) is 2. The van der Waals surface area contributed by atoms with Crippen molar-refractivity contribution in [3.05, 3.63) is 64.9 Å². The van der Waals surface area contributed by atoms with E-state index >= 15 is 0 Å². The molecule has 0 bridgehead atoms. The molecule has 1 aliphatic rings. The van der Waals surface area contributed by atoms with Crippen LogP contribution in [0.25, 0.3) is 11.0 Å². The minimum absolute atomic E-state index is 0.124. The number of carbonyl (C=O) groups is 3. The minimum atomic E-state index is -0.630. The Kier molecular flexibility index (Phi) is 7.57. The van der Waals surface area contributed by atoms with Gasteiger partial charge in [-0.1, -0.05) is 37.5 Å².